The normalized spacial score (nSPS) is 12.0. The first-order valence-corrected chi connectivity index (χ1v) is 10.5. The lowest BCUT2D eigenvalue weighted by Crippen LogP contribution is -2.30. The number of rotatable bonds is 7. The zero-order chi connectivity index (χ0) is 23.3. The Bertz CT molecular complexity index is 1220. The monoisotopic (exact) mass is 462 g/mol. The summed E-state index contributed by atoms with van der Waals surface area (Å²) in [5.74, 6) is -4.46. The molecule has 1 atom stereocenters. The summed E-state index contributed by atoms with van der Waals surface area (Å²) < 4.78 is 59.1. The Morgan fingerprint density at radius 2 is 1.56 bits per heavy atom. The average molecular weight is 462 g/mol. The number of carbonyl (C=O) groups excluding carboxylic acids is 2. The van der Waals surface area contributed by atoms with Crippen LogP contribution < -0.4 is 10.0 Å². The summed E-state index contributed by atoms with van der Waals surface area (Å²) in [6.07, 6.45) is 1.36. The second kappa shape index (κ2) is 9.47. The second-order valence-corrected chi connectivity index (χ2v) is 8.02. The number of anilines is 2. The van der Waals surface area contributed by atoms with Crippen LogP contribution in [0.1, 0.15) is 17.3 Å². The number of halogens is 2. The minimum atomic E-state index is -3.96. The molecule has 166 valence electrons. The van der Waals surface area contributed by atoms with Crippen LogP contribution >= 0.6 is 0 Å². The molecule has 3 rings (SSSR count). The van der Waals surface area contributed by atoms with Gasteiger partial charge in [-0.1, -0.05) is 6.07 Å². The Balaban J connectivity index is 1.63. The van der Waals surface area contributed by atoms with Crippen molar-refractivity contribution in [3.63, 3.8) is 0 Å². The van der Waals surface area contributed by atoms with Gasteiger partial charge in [-0.15, -0.1) is 0 Å². The quantitative estimate of drug-likeness (QED) is 0.517. The molecule has 1 amide bonds. The summed E-state index contributed by atoms with van der Waals surface area (Å²) in [7, 11) is -3.96. The number of nitrogens with one attached hydrogen (secondary N) is 2. The van der Waals surface area contributed by atoms with Gasteiger partial charge in [-0.05, 0) is 49.4 Å². The lowest BCUT2D eigenvalue weighted by atomic mass is 10.2. The van der Waals surface area contributed by atoms with Crippen LogP contribution in [-0.4, -0.2) is 36.4 Å². The lowest BCUT2D eigenvalue weighted by molar-refractivity contribution is -0.123. The summed E-state index contributed by atoms with van der Waals surface area (Å²) in [4.78, 5) is 31.7. The van der Waals surface area contributed by atoms with Gasteiger partial charge in [-0.2, -0.15) is 0 Å². The summed E-state index contributed by atoms with van der Waals surface area (Å²) in [5.41, 5.74) is -0.707. The maximum Gasteiger partial charge on any atom is 0.344 e. The van der Waals surface area contributed by atoms with Gasteiger partial charge in [0.2, 0.25) is 5.95 Å². The number of nitrogens with zero attached hydrogens (tertiary/aromatic N) is 2. The molecule has 0 bridgehead atoms. The van der Waals surface area contributed by atoms with E-state index in [1.54, 1.807) is 0 Å². The molecule has 1 unspecified atom stereocenters. The number of ether oxygens (including phenoxy) is 1. The third-order valence-electron chi connectivity index (χ3n) is 4.04. The molecule has 32 heavy (non-hydrogen) atoms. The molecule has 3 aromatic rings. The topological polar surface area (TPSA) is 127 Å². The first-order valence-electron chi connectivity index (χ1n) is 9.03. The van der Waals surface area contributed by atoms with E-state index in [0.29, 0.717) is 0 Å². The van der Waals surface area contributed by atoms with Crippen molar-refractivity contribution in [2.24, 2.45) is 0 Å². The fourth-order valence-electron chi connectivity index (χ4n) is 2.46. The Morgan fingerprint density at radius 3 is 2.16 bits per heavy atom. The van der Waals surface area contributed by atoms with E-state index in [0.717, 1.165) is 18.2 Å². The van der Waals surface area contributed by atoms with Gasteiger partial charge in [0, 0.05) is 18.1 Å². The molecule has 0 radical (unpaired) electrons. The lowest BCUT2D eigenvalue weighted by Gasteiger charge is -2.14. The molecule has 0 aliphatic rings. The minimum Gasteiger partial charge on any atom is -0.449 e. The summed E-state index contributed by atoms with van der Waals surface area (Å²) in [6, 6.07) is 9.47. The highest BCUT2D eigenvalue weighted by molar-refractivity contribution is 7.92. The highest BCUT2D eigenvalue weighted by Crippen LogP contribution is 2.18. The zero-order valence-electron chi connectivity index (χ0n) is 16.5. The Hall–Kier alpha value is -3.93. The largest absolute Gasteiger partial charge is 0.449 e. The molecule has 9 nitrogen and oxygen atoms in total. The molecule has 12 heteroatoms. The average Bonchev–Trinajstić information content (AvgIpc) is 2.74. The van der Waals surface area contributed by atoms with E-state index in [9.17, 15) is 26.8 Å². The van der Waals surface area contributed by atoms with E-state index >= 15 is 0 Å². The molecule has 2 aromatic carbocycles. The van der Waals surface area contributed by atoms with Gasteiger partial charge in [0.1, 0.15) is 17.2 Å². The van der Waals surface area contributed by atoms with Crippen molar-refractivity contribution in [2.45, 2.75) is 17.9 Å². The predicted octanol–water partition coefficient (Wildman–Crippen LogP) is 2.74. The number of hydrogen-bond acceptors (Lipinski definition) is 7. The molecule has 0 fully saturated rings. The third kappa shape index (κ3) is 5.40. The van der Waals surface area contributed by atoms with Crippen LogP contribution in [-0.2, 0) is 19.6 Å². The molecule has 0 saturated carbocycles. The molecule has 0 aliphatic carbocycles. The van der Waals surface area contributed by atoms with E-state index in [1.165, 1.54) is 49.6 Å². The maximum absolute atomic E-state index is 13.7. The van der Waals surface area contributed by atoms with Crippen LogP contribution in [0, 0.1) is 11.6 Å². The SMILES string of the molecule is CC(OC(=O)c1c(F)cccc1F)C(=O)Nc1ccc(S(=O)(=O)Nc2ncccn2)cc1. The number of benzene rings is 2. The van der Waals surface area contributed by atoms with Gasteiger partial charge < -0.3 is 10.1 Å². The number of amides is 1. The molecular formula is C20H16F2N4O5S. The van der Waals surface area contributed by atoms with Crippen LogP contribution in [0.5, 0.6) is 0 Å². The van der Waals surface area contributed by atoms with Gasteiger partial charge >= 0.3 is 5.97 Å². The number of sulfonamides is 1. The summed E-state index contributed by atoms with van der Waals surface area (Å²) in [6.45, 7) is 1.22. The summed E-state index contributed by atoms with van der Waals surface area (Å²) in [5, 5.41) is 2.41. The summed E-state index contributed by atoms with van der Waals surface area (Å²) >= 11 is 0. The van der Waals surface area contributed by atoms with Crippen LogP contribution in [0.15, 0.2) is 65.8 Å². The number of carbonyl (C=O) groups is 2. The van der Waals surface area contributed by atoms with E-state index in [2.05, 4.69) is 20.0 Å². The fourth-order valence-corrected chi connectivity index (χ4v) is 3.42. The highest BCUT2D eigenvalue weighted by atomic mass is 32.2. The van der Waals surface area contributed by atoms with Gasteiger partial charge in [0.15, 0.2) is 6.10 Å². The van der Waals surface area contributed by atoms with E-state index in [-0.39, 0.29) is 16.5 Å². The van der Waals surface area contributed by atoms with Crippen molar-refractivity contribution in [1.82, 2.24) is 9.97 Å². The highest BCUT2D eigenvalue weighted by Gasteiger charge is 2.24. The molecule has 0 aliphatic heterocycles. The van der Waals surface area contributed by atoms with Crippen LogP contribution in [0.3, 0.4) is 0 Å². The van der Waals surface area contributed by atoms with E-state index in [4.69, 9.17) is 4.74 Å². The standard InChI is InChI=1S/C20H16F2N4O5S/c1-12(31-19(28)17-15(21)4-2-5-16(17)22)18(27)25-13-6-8-14(9-7-13)32(29,30)26-20-23-10-3-11-24-20/h2-12H,1H3,(H,25,27)(H,23,24,26). The minimum absolute atomic E-state index is 0.105. The van der Waals surface area contributed by atoms with Crippen LogP contribution in [0.4, 0.5) is 20.4 Å². The van der Waals surface area contributed by atoms with Crippen LogP contribution in [0.25, 0.3) is 0 Å². The smallest absolute Gasteiger partial charge is 0.344 e. The van der Waals surface area contributed by atoms with E-state index < -0.39 is 45.2 Å². The molecule has 1 heterocycles. The number of aromatic nitrogens is 2. The number of hydrogen-bond donors (Lipinski definition) is 2. The fraction of sp³-hybridized carbons (Fsp3) is 0.100. The van der Waals surface area contributed by atoms with Crippen molar-refractivity contribution in [3.05, 3.63) is 78.1 Å². The predicted molar refractivity (Wildman–Crippen MR) is 109 cm³/mol. The third-order valence-corrected chi connectivity index (χ3v) is 5.39. The molecule has 1 aromatic heterocycles. The first-order chi connectivity index (χ1) is 15.2. The molecule has 2 N–H and O–H groups in total. The van der Waals surface area contributed by atoms with Crippen molar-refractivity contribution in [1.29, 1.82) is 0 Å². The Morgan fingerprint density at radius 1 is 0.969 bits per heavy atom. The van der Waals surface area contributed by atoms with Gasteiger partial charge in [-0.25, -0.2) is 36.7 Å². The maximum atomic E-state index is 13.7. The van der Waals surface area contributed by atoms with Gasteiger partial charge in [0.25, 0.3) is 15.9 Å². The van der Waals surface area contributed by atoms with Crippen molar-refractivity contribution in [3.8, 4) is 0 Å². The zero-order valence-corrected chi connectivity index (χ0v) is 17.3. The van der Waals surface area contributed by atoms with Gasteiger partial charge in [0.05, 0.1) is 4.90 Å². The van der Waals surface area contributed by atoms with Crippen molar-refractivity contribution in [2.75, 3.05) is 10.0 Å². The van der Waals surface area contributed by atoms with Crippen molar-refractivity contribution < 1.29 is 31.5 Å². The Labute approximate surface area is 181 Å². The first kappa shape index (κ1) is 22.7. The Kier molecular flexibility index (Phi) is 6.73. The van der Waals surface area contributed by atoms with Crippen LogP contribution in [0.2, 0.25) is 0 Å². The van der Waals surface area contributed by atoms with E-state index in [1.807, 2.05) is 0 Å². The second-order valence-electron chi connectivity index (χ2n) is 6.34. The number of esters is 1. The van der Waals surface area contributed by atoms with Gasteiger partial charge in [-0.3, -0.25) is 4.79 Å². The molecular weight excluding hydrogens is 446 g/mol. The molecule has 0 spiro atoms. The molecule has 0 saturated heterocycles. The van der Waals surface area contributed by atoms with Crippen molar-refractivity contribution >= 4 is 33.5 Å².